The van der Waals surface area contributed by atoms with Crippen LogP contribution in [0.4, 0.5) is 0 Å². The van der Waals surface area contributed by atoms with Gasteiger partial charge >= 0.3 is 0 Å². The number of nitrogens with zero attached hydrogens (tertiary/aromatic N) is 2. The number of aliphatic imine (C=N–C) groups is 2. The Hall–Kier alpha value is -1.37. The molecular weight excluding hydrogens is 1330 g/mol. The summed E-state index contributed by atoms with van der Waals surface area (Å²) in [4.78, 5) is 8.63. The van der Waals surface area contributed by atoms with E-state index in [2.05, 4.69) is 9.98 Å². The monoisotopic (exact) mass is 1420 g/mol. The number of ether oxygens (including phenoxy) is 14. The molecule has 21 rings (SSSR count). The number of amidine groups is 2. The van der Waals surface area contributed by atoms with Crippen molar-refractivity contribution < 1.29 is 163 Å². The number of thioether (sulfide) groups is 3. The maximum atomic E-state index is 11.9. The van der Waals surface area contributed by atoms with E-state index in [4.69, 9.17) is 83.5 Å². The summed E-state index contributed by atoms with van der Waals surface area (Å²) in [5.41, 5.74) is 17.9. The highest BCUT2D eigenvalue weighted by Crippen LogP contribution is 2.40. The predicted octanol–water partition coefficient (Wildman–Crippen LogP) is -12.9. The van der Waals surface area contributed by atoms with E-state index in [0.29, 0.717) is 12.3 Å². The standard InChI is InChI=1S/C53H93N5O33S3/c1-2-92-7-4-57-24(55)9-25(56)58-5-8-94-16-23-46-32(70)39(77)53(84-23)89-44-21(14-63)80-49(35(73)28(44)66)87-41-18(11-60)81-50(36(74)29(41)67)90-45-22(15-93-6-3-54)83-52(38(76)31(45)69)88-43-20(13-62)79-48(34(72)27(43)65)85-40-17(10-59)78-47(33(71)26(40)64)86-42-19(12-61)82-51(91-46)37(75)30(42)68/h17-23,26-53,59-77H,2-16,54H2,1H3,(H2,55,57)(H2,56,58)/t17?,18?,19?,20?,21?,22?,23?,26-,27-,28-,29-,30-,31-,32-,33?,34?,35?,36?,37?,38?,39?,40-,41-,42-,43-,44-,45-,46-,47-,48-,49+,50+,51+,52+,53-/m1/s1. The van der Waals surface area contributed by atoms with Crippen molar-refractivity contribution in [2.24, 2.45) is 27.2 Å². The lowest BCUT2D eigenvalue weighted by molar-refractivity contribution is -0.395. The van der Waals surface area contributed by atoms with Gasteiger partial charge in [0, 0.05) is 48.4 Å². The molecular formula is C53H93N5O33S3. The third-order valence-electron chi connectivity index (χ3n) is 16.9. The first kappa shape index (κ1) is 78.4. The zero-order chi connectivity index (χ0) is 68.4. The fourth-order valence-electron chi connectivity index (χ4n) is 11.8. The first-order valence-electron chi connectivity index (χ1n) is 30.7. The molecule has 0 spiro atoms. The molecule has 21 fully saturated rings. The third-order valence-corrected chi connectivity index (χ3v) is 19.9. The van der Waals surface area contributed by atoms with Crippen LogP contribution in [0.2, 0.25) is 0 Å². The molecule has 14 bridgehead atoms. The lowest BCUT2D eigenvalue weighted by Crippen LogP contribution is -2.68. The average Bonchev–Trinajstić information content (AvgIpc) is 0.789. The van der Waals surface area contributed by atoms with E-state index in [9.17, 15) is 97.0 Å². The Balaban J connectivity index is 1.08. The summed E-state index contributed by atoms with van der Waals surface area (Å²) in [5, 5.41) is 216. The van der Waals surface area contributed by atoms with E-state index in [1.54, 1.807) is 11.8 Å². The summed E-state index contributed by atoms with van der Waals surface area (Å²) < 4.78 is 83.0. The van der Waals surface area contributed by atoms with Crippen molar-refractivity contribution in [1.82, 2.24) is 0 Å². The number of hydrogen-bond acceptors (Lipinski definition) is 39. The van der Waals surface area contributed by atoms with Gasteiger partial charge in [0.05, 0.1) is 51.7 Å². The van der Waals surface area contributed by atoms with Crippen LogP contribution in [0.1, 0.15) is 13.3 Å². The molecule has 0 saturated carbocycles. The molecule has 21 aliphatic rings. The largest absolute Gasteiger partial charge is 0.394 e. The minimum absolute atomic E-state index is 0.0786. The number of aliphatic hydroxyl groups excluding tert-OH is 19. The number of aliphatic hydroxyl groups is 19. The van der Waals surface area contributed by atoms with Gasteiger partial charge in [0.1, 0.15) is 170 Å². The van der Waals surface area contributed by atoms with Gasteiger partial charge in [0.25, 0.3) is 0 Å². The van der Waals surface area contributed by atoms with Crippen molar-refractivity contribution in [3.8, 4) is 0 Å². The second kappa shape index (κ2) is 36.5. The summed E-state index contributed by atoms with van der Waals surface area (Å²) in [6, 6.07) is 0. The van der Waals surface area contributed by atoms with Crippen LogP contribution in [0.25, 0.3) is 0 Å². The van der Waals surface area contributed by atoms with E-state index in [0.717, 1.165) is 35.0 Å². The van der Waals surface area contributed by atoms with E-state index < -0.39 is 248 Å². The first-order valence-corrected chi connectivity index (χ1v) is 34.2. The summed E-state index contributed by atoms with van der Waals surface area (Å²) in [6.07, 6.45) is -68.2. The van der Waals surface area contributed by atoms with Crippen molar-refractivity contribution >= 4 is 47.0 Å². The molecule has 35 atom stereocenters. The molecule has 0 aliphatic carbocycles. The van der Waals surface area contributed by atoms with Crippen LogP contribution < -0.4 is 17.2 Å². The fourth-order valence-corrected chi connectivity index (χ4v) is 14.1. The maximum Gasteiger partial charge on any atom is 0.187 e. The Morgan fingerprint density at radius 2 is 0.521 bits per heavy atom. The van der Waals surface area contributed by atoms with Crippen molar-refractivity contribution in [3.05, 3.63) is 0 Å². The molecule has 41 heteroatoms. The van der Waals surface area contributed by atoms with Crippen LogP contribution in [0, 0.1) is 0 Å². The normalized spacial score (nSPS) is 47.9. The quantitative estimate of drug-likeness (QED) is 0.0306. The van der Waals surface area contributed by atoms with Gasteiger partial charge < -0.3 is 181 Å². The SMILES string of the molecule is CCSCCN=C(N)CC(N)=NCCSCC1O[C@@H]2O[C@@H]3C(CO)O[C@@H](O[C@@H]4C(CO)O[C@@H](O[C@@H]5C(CSCCN)O[C@@H](O[C@@H]6C(CO)O[C@H](O[C@@H]7C(CO)O[C@H](O[C@@H]8C(CO)O[C@@H](O[C@H]1[C@H](O)C2O)C(O)[C@H]8O)C(O)[C@H]7O)C(O)[C@H]6O)C(O)[C@H]5O)C(O)[C@H]4O)C(O)[C@H]3O. The van der Waals surface area contributed by atoms with Gasteiger partial charge in [-0.2, -0.15) is 35.3 Å². The number of hydrogen-bond donors (Lipinski definition) is 22. The zero-order valence-electron chi connectivity index (χ0n) is 50.9. The molecule has 21 heterocycles. The van der Waals surface area contributed by atoms with E-state index in [1.165, 1.54) is 0 Å². The Labute approximate surface area is 551 Å². The van der Waals surface area contributed by atoms with Crippen molar-refractivity contribution in [1.29, 1.82) is 0 Å². The smallest absolute Gasteiger partial charge is 0.187 e. The molecule has 546 valence electrons. The molecule has 0 aromatic rings. The minimum atomic E-state index is -2.20. The molecule has 14 unspecified atom stereocenters. The van der Waals surface area contributed by atoms with Gasteiger partial charge in [-0.15, -0.1) is 0 Å². The molecule has 94 heavy (non-hydrogen) atoms. The third kappa shape index (κ3) is 18.3. The topological polar surface area (TPSA) is 616 Å². The van der Waals surface area contributed by atoms with Gasteiger partial charge in [-0.1, -0.05) is 6.92 Å². The van der Waals surface area contributed by atoms with Gasteiger partial charge in [0.2, 0.25) is 0 Å². The molecule has 0 radical (unpaired) electrons. The van der Waals surface area contributed by atoms with Gasteiger partial charge in [-0.25, -0.2) is 0 Å². The van der Waals surface area contributed by atoms with Crippen molar-refractivity contribution in [2.75, 3.05) is 87.2 Å². The first-order chi connectivity index (χ1) is 44.9. The molecule has 0 aromatic heterocycles. The van der Waals surface area contributed by atoms with Gasteiger partial charge in [0.15, 0.2) is 44.0 Å². The predicted molar refractivity (Wildman–Crippen MR) is 319 cm³/mol. The van der Waals surface area contributed by atoms with Gasteiger partial charge in [-0.05, 0) is 5.75 Å². The van der Waals surface area contributed by atoms with Crippen LogP contribution in [0.3, 0.4) is 0 Å². The Morgan fingerprint density at radius 1 is 0.309 bits per heavy atom. The molecule has 0 amide bonds. The Bertz CT molecular complexity index is 2330. The molecule has 25 N–H and O–H groups in total. The second-order valence-electron chi connectivity index (χ2n) is 23.3. The number of rotatable bonds is 20. The highest BCUT2D eigenvalue weighted by atomic mass is 32.2. The summed E-state index contributed by atoms with van der Waals surface area (Å²) in [7, 11) is 0. The lowest BCUT2D eigenvalue weighted by atomic mass is 9.95. The van der Waals surface area contributed by atoms with E-state index in [-0.39, 0.29) is 48.4 Å². The highest BCUT2D eigenvalue weighted by molar-refractivity contribution is 7.99. The Morgan fingerprint density at radius 3 is 0.745 bits per heavy atom. The van der Waals surface area contributed by atoms with Crippen LogP contribution >= 0.6 is 35.3 Å². The summed E-state index contributed by atoms with van der Waals surface area (Å²) in [5.74, 6) is 2.32. The van der Waals surface area contributed by atoms with Crippen LogP contribution in [0.5, 0.6) is 0 Å². The number of nitrogens with two attached hydrogens (primary N) is 3. The summed E-state index contributed by atoms with van der Waals surface area (Å²) in [6.45, 7) is -2.39. The molecule has 38 nitrogen and oxygen atoms in total. The zero-order valence-corrected chi connectivity index (χ0v) is 53.3. The summed E-state index contributed by atoms with van der Waals surface area (Å²) >= 11 is 3.98. The van der Waals surface area contributed by atoms with Crippen LogP contribution in [-0.2, 0) is 66.3 Å². The van der Waals surface area contributed by atoms with Crippen LogP contribution in [-0.4, -0.2) is 411 Å². The second-order valence-corrected chi connectivity index (χ2v) is 27.0. The van der Waals surface area contributed by atoms with Crippen molar-refractivity contribution in [3.63, 3.8) is 0 Å². The highest BCUT2D eigenvalue weighted by Gasteiger charge is 2.59. The minimum Gasteiger partial charge on any atom is -0.394 e. The fraction of sp³-hybridized carbons (Fsp3) is 0.962. The van der Waals surface area contributed by atoms with Gasteiger partial charge in [-0.3, -0.25) is 9.98 Å². The van der Waals surface area contributed by atoms with Crippen LogP contribution in [0.15, 0.2) is 9.98 Å². The lowest BCUT2D eigenvalue weighted by Gasteiger charge is -2.50. The Kier molecular flexibility index (Phi) is 30.4. The molecule has 21 saturated heterocycles. The average molecular weight is 1420 g/mol. The molecule has 21 aliphatic heterocycles. The van der Waals surface area contributed by atoms with E-state index >= 15 is 0 Å². The van der Waals surface area contributed by atoms with Crippen molar-refractivity contribution in [2.45, 2.75) is 228 Å². The molecule has 0 aromatic carbocycles. The van der Waals surface area contributed by atoms with E-state index in [1.807, 2.05) is 6.92 Å². The maximum absolute atomic E-state index is 11.9.